The van der Waals surface area contributed by atoms with Gasteiger partial charge < -0.3 is 20.5 Å². The summed E-state index contributed by atoms with van der Waals surface area (Å²) in [4.78, 5) is 18.4. The Morgan fingerprint density at radius 2 is 2.53 bits per heavy atom. The molecular formula is C12H19N3O3S. The van der Waals surface area contributed by atoms with E-state index in [1.165, 1.54) is 11.3 Å². The van der Waals surface area contributed by atoms with Gasteiger partial charge in [-0.3, -0.25) is 4.79 Å². The molecule has 6 nitrogen and oxygen atoms in total. The summed E-state index contributed by atoms with van der Waals surface area (Å²) in [6, 6.07) is -0.186. The molecule has 1 aromatic heterocycles. The van der Waals surface area contributed by atoms with E-state index < -0.39 is 0 Å². The molecule has 1 saturated heterocycles. The molecule has 1 aliphatic heterocycles. The lowest BCUT2D eigenvalue weighted by Gasteiger charge is -2.37. The quantitative estimate of drug-likeness (QED) is 0.838. The Balaban J connectivity index is 2.12. The van der Waals surface area contributed by atoms with Crippen LogP contribution in [0.25, 0.3) is 0 Å². The summed E-state index contributed by atoms with van der Waals surface area (Å²) in [6.07, 6.45) is -0.313. The Hall–Kier alpha value is -1.02. The molecular weight excluding hydrogens is 266 g/mol. The SMILES string of the molecule is CC(N)c1nc(C(=O)N2CC(CO)OCC2C)cs1. The molecule has 3 N–H and O–H groups in total. The maximum absolute atomic E-state index is 12.4. The number of morpholine rings is 1. The molecule has 0 aliphatic carbocycles. The van der Waals surface area contributed by atoms with Gasteiger partial charge in [-0.05, 0) is 13.8 Å². The van der Waals surface area contributed by atoms with Crippen LogP contribution in [0.3, 0.4) is 0 Å². The smallest absolute Gasteiger partial charge is 0.273 e. The Morgan fingerprint density at radius 1 is 1.79 bits per heavy atom. The zero-order chi connectivity index (χ0) is 14.0. The van der Waals surface area contributed by atoms with E-state index in [1.54, 1.807) is 10.3 Å². The Bertz CT molecular complexity index is 449. The standard InChI is InChI=1S/C12H19N3O3S/c1-7-5-18-9(4-16)3-15(7)12(17)10-6-19-11(14-10)8(2)13/h6-9,16H,3-5,13H2,1-2H3. The lowest BCUT2D eigenvalue weighted by Crippen LogP contribution is -2.52. The van der Waals surface area contributed by atoms with Gasteiger partial charge in [0.05, 0.1) is 31.4 Å². The number of aromatic nitrogens is 1. The van der Waals surface area contributed by atoms with Gasteiger partial charge in [-0.15, -0.1) is 11.3 Å². The maximum Gasteiger partial charge on any atom is 0.273 e. The van der Waals surface area contributed by atoms with Crippen LogP contribution >= 0.6 is 11.3 Å². The van der Waals surface area contributed by atoms with Crippen LogP contribution < -0.4 is 5.73 Å². The highest BCUT2D eigenvalue weighted by Crippen LogP contribution is 2.20. The molecule has 0 spiro atoms. The topological polar surface area (TPSA) is 88.7 Å². The zero-order valence-electron chi connectivity index (χ0n) is 11.1. The van der Waals surface area contributed by atoms with E-state index in [0.717, 1.165) is 5.01 Å². The lowest BCUT2D eigenvalue weighted by atomic mass is 10.2. The molecule has 7 heteroatoms. The van der Waals surface area contributed by atoms with Gasteiger partial charge in [0.1, 0.15) is 10.7 Å². The normalized spacial score (nSPS) is 25.4. The van der Waals surface area contributed by atoms with Gasteiger partial charge in [0.2, 0.25) is 0 Å². The Morgan fingerprint density at radius 3 is 3.11 bits per heavy atom. The molecule has 2 heterocycles. The second-order valence-electron chi connectivity index (χ2n) is 4.80. The summed E-state index contributed by atoms with van der Waals surface area (Å²) < 4.78 is 5.42. The van der Waals surface area contributed by atoms with Gasteiger partial charge in [0.25, 0.3) is 5.91 Å². The van der Waals surface area contributed by atoms with Crippen molar-refractivity contribution in [2.24, 2.45) is 5.73 Å². The first-order valence-electron chi connectivity index (χ1n) is 6.27. The predicted octanol–water partition coefficient (Wildman–Crippen LogP) is 0.385. The number of rotatable bonds is 3. The third kappa shape index (κ3) is 3.11. The van der Waals surface area contributed by atoms with E-state index in [1.807, 2.05) is 13.8 Å². The molecule has 1 aromatic rings. The second-order valence-corrected chi connectivity index (χ2v) is 5.69. The summed E-state index contributed by atoms with van der Waals surface area (Å²) in [6.45, 7) is 4.50. The van der Waals surface area contributed by atoms with Gasteiger partial charge in [0.15, 0.2) is 0 Å². The average molecular weight is 285 g/mol. The molecule has 0 saturated carbocycles. The van der Waals surface area contributed by atoms with Crippen LogP contribution in [0, 0.1) is 0 Å². The van der Waals surface area contributed by atoms with Crippen LogP contribution in [-0.4, -0.2) is 52.8 Å². The van der Waals surface area contributed by atoms with Crippen LogP contribution in [0.5, 0.6) is 0 Å². The highest BCUT2D eigenvalue weighted by molar-refractivity contribution is 7.09. The van der Waals surface area contributed by atoms with Crippen LogP contribution in [-0.2, 0) is 4.74 Å². The van der Waals surface area contributed by atoms with E-state index in [-0.39, 0.29) is 30.7 Å². The van der Waals surface area contributed by atoms with E-state index in [4.69, 9.17) is 15.6 Å². The van der Waals surface area contributed by atoms with E-state index in [0.29, 0.717) is 18.8 Å². The number of carbonyl (C=O) groups excluding carboxylic acids is 1. The summed E-state index contributed by atoms with van der Waals surface area (Å²) in [5.41, 5.74) is 6.17. The first kappa shape index (κ1) is 14.4. The Labute approximate surface area is 116 Å². The van der Waals surface area contributed by atoms with Crippen molar-refractivity contribution < 1.29 is 14.6 Å². The fraction of sp³-hybridized carbons (Fsp3) is 0.667. The number of carbonyl (C=O) groups is 1. The minimum absolute atomic E-state index is 0.0178. The largest absolute Gasteiger partial charge is 0.394 e. The lowest BCUT2D eigenvalue weighted by molar-refractivity contribution is -0.0668. The summed E-state index contributed by atoms with van der Waals surface area (Å²) >= 11 is 1.39. The molecule has 2 rings (SSSR count). The number of ether oxygens (including phenoxy) is 1. The summed E-state index contributed by atoms with van der Waals surface area (Å²) in [5.74, 6) is -0.127. The van der Waals surface area contributed by atoms with Gasteiger partial charge in [-0.2, -0.15) is 0 Å². The van der Waals surface area contributed by atoms with E-state index >= 15 is 0 Å². The average Bonchev–Trinajstić information content (AvgIpc) is 2.88. The van der Waals surface area contributed by atoms with Crippen molar-refractivity contribution >= 4 is 17.2 Å². The number of aliphatic hydroxyl groups excluding tert-OH is 1. The third-order valence-electron chi connectivity index (χ3n) is 3.10. The fourth-order valence-electron chi connectivity index (χ4n) is 1.95. The van der Waals surface area contributed by atoms with E-state index in [2.05, 4.69) is 4.98 Å². The molecule has 0 radical (unpaired) electrons. The number of hydrogen-bond donors (Lipinski definition) is 2. The number of nitrogens with two attached hydrogens (primary N) is 1. The molecule has 3 unspecified atom stereocenters. The molecule has 0 aromatic carbocycles. The molecule has 1 amide bonds. The minimum Gasteiger partial charge on any atom is -0.394 e. The van der Waals surface area contributed by atoms with Crippen molar-refractivity contribution in [2.75, 3.05) is 19.8 Å². The number of amides is 1. The summed E-state index contributed by atoms with van der Waals surface area (Å²) in [7, 11) is 0. The maximum atomic E-state index is 12.4. The minimum atomic E-state index is -0.313. The first-order chi connectivity index (χ1) is 9.02. The highest BCUT2D eigenvalue weighted by Gasteiger charge is 2.31. The van der Waals surface area contributed by atoms with Crippen molar-refractivity contribution in [3.8, 4) is 0 Å². The predicted molar refractivity (Wildman–Crippen MR) is 72.0 cm³/mol. The van der Waals surface area contributed by atoms with Gasteiger partial charge in [0, 0.05) is 11.9 Å². The number of aliphatic hydroxyl groups is 1. The van der Waals surface area contributed by atoms with Crippen LogP contribution in [0.2, 0.25) is 0 Å². The van der Waals surface area contributed by atoms with Crippen molar-refractivity contribution in [3.05, 3.63) is 16.1 Å². The number of nitrogens with zero attached hydrogens (tertiary/aromatic N) is 2. The third-order valence-corrected chi connectivity index (χ3v) is 4.15. The molecule has 3 atom stereocenters. The van der Waals surface area contributed by atoms with Crippen molar-refractivity contribution in [1.29, 1.82) is 0 Å². The first-order valence-corrected chi connectivity index (χ1v) is 7.15. The second kappa shape index (κ2) is 5.96. The molecule has 0 bridgehead atoms. The van der Waals surface area contributed by atoms with Gasteiger partial charge >= 0.3 is 0 Å². The van der Waals surface area contributed by atoms with Crippen LogP contribution in [0.4, 0.5) is 0 Å². The van der Waals surface area contributed by atoms with Crippen LogP contribution in [0.15, 0.2) is 5.38 Å². The highest BCUT2D eigenvalue weighted by atomic mass is 32.1. The Kier molecular flexibility index (Phi) is 4.51. The fourth-order valence-corrected chi connectivity index (χ4v) is 2.70. The van der Waals surface area contributed by atoms with E-state index in [9.17, 15) is 4.79 Å². The van der Waals surface area contributed by atoms with Gasteiger partial charge in [-0.25, -0.2) is 4.98 Å². The monoisotopic (exact) mass is 285 g/mol. The molecule has 1 fully saturated rings. The molecule has 106 valence electrons. The molecule has 1 aliphatic rings. The summed E-state index contributed by atoms with van der Waals surface area (Å²) in [5, 5.41) is 11.6. The zero-order valence-corrected chi connectivity index (χ0v) is 11.9. The van der Waals surface area contributed by atoms with Gasteiger partial charge in [-0.1, -0.05) is 0 Å². The van der Waals surface area contributed by atoms with Crippen LogP contribution in [0.1, 0.15) is 35.4 Å². The number of hydrogen-bond acceptors (Lipinski definition) is 6. The van der Waals surface area contributed by atoms with Crippen molar-refractivity contribution in [3.63, 3.8) is 0 Å². The van der Waals surface area contributed by atoms with Crippen molar-refractivity contribution in [1.82, 2.24) is 9.88 Å². The number of thiazole rings is 1. The van der Waals surface area contributed by atoms with Crippen molar-refractivity contribution in [2.45, 2.75) is 32.0 Å². The molecule has 19 heavy (non-hydrogen) atoms.